The average Bonchev–Trinajstić information content (AvgIpc) is 3.09. The molecule has 0 aliphatic carbocycles. The second kappa shape index (κ2) is 10.8. The summed E-state index contributed by atoms with van der Waals surface area (Å²) in [5.41, 5.74) is 3.35. The highest BCUT2D eigenvalue weighted by molar-refractivity contribution is 5.75. The third-order valence-electron chi connectivity index (χ3n) is 6.58. The minimum atomic E-state index is -0.185. The van der Waals surface area contributed by atoms with Crippen molar-refractivity contribution in [1.29, 1.82) is 0 Å². The summed E-state index contributed by atoms with van der Waals surface area (Å²) >= 11 is 0. The topological polar surface area (TPSA) is 33.4 Å². The van der Waals surface area contributed by atoms with Gasteiger partial charge in [-0.2, -0.15) is 0 Å². The summed E-state index contributed by atoms with van der Waals surface area (Å²) < 4.78 is 17.1. The fourth-order valence-corrected chi connectivity index (χ4v) is 4.71. The lowest BCUT2D eigenvalue weighted by Crippen LogP contribution is -2.46. The Hall–Kier alpha value is -2.60. The maximum atomic E-state index is 13.1. The number of hydrogen-bond acceptors (Lipinski definition) is 3. The summed E-state index contributed by atoms with van der Waals surface area (Å²) in [7, 11) is 0. The lowest BCUT2D eigenvalue weighted by molar-refractivity contribution is 0.251. The quantitative estimate of drug-likeness (QED) is 0.429. The van der Waals surface area contributed by atoms with Crippen molar-refractivity contribution in [3.05, 3.63) is 64.8 Å². The van der Waals surface area contributed by atoms with Gasteiger partial charge in [0, 0.05) is 45.0 Å². The summed E-state index contributed by atoms with van der Waals surface area (Å²) in [4.78, 5) is 17.9. The Bertz CT molecular complexity index is 1050. The van der Waals surface area contributed by atoms with E-state index in [1.807, 2.05) is 33.4 Å². The van der Waals surface area contributed by atoms with Gasteiger partial charge in [-0.1, -0.05) is 31.9 Å². The van der Waals surface area contributed by atoms with E-state index in [0.29, 0.717) is 0 Å². The zero-order chi connectivity index (χ0) is 22.3. The number of halogens is 1. The number of para-hydroxylation sites is 2. The smallest absolute Gasteiger partial charge is 0.329 e. The predicted molar refractivity (Wildman–Crippen MR) is 130 cm³/mol. The highest BCUT2D eigenvalue weighted by Gasteiger charge is 2.17. The molecule has 0 radical (unpaired) electrons. The molecule has 1 aliphatic heterocycles. The van der Waals surface area contributed by atoms with E-state index in [1.165, 1.54) is 12.1 Å². The fourth-order valence-electron chi connectivity index (χ4n) is 4.71. The molecular formula is C26H35FN4O. The minimum absolute atomic E-state index is 0.134. The Morgan fingerprint density at radius 3 is 1.91 bits per heavy atom. The van der Waals surface area contributed by atoms with Gasteiger partial charge in [-0.25, -0.2) is 9.18 Å². The number of imidazole rings is 1. The van der Waals surface area contributed by atoms with E-state index in [9.17, 15) is 9.18 Å². The van der Waals surface area contributed by atoms with Crippen LogP contribution in [0.25, 0.3) is 11.0 Å². The van der Waals surface area contributed by atoms with Crippen molar-refractivity contribution in [2.75, 3.05) is 37.6 Å². The van der Waals surface area contributed by atoms with Gasteiger partial charge in [0.05, 0.1) is 11.0 Å². The highest BCUT2D eigenvalue weighted by Crippen LogP contribution is 2.18. The number of aryl methyl sites for hydroxylation is 2. The van der Waals surface area contributed by atoms with Crippen molar-refractivity contribution in [3.8, 4) is 0 Å². The van der Waals surface area contributed by atoms with Gasteiger partial charge in [0.1, 0.15) is 5.82 Å². The molecule has 2 aromatic carbocycles. The Kier molecular flexibility index (Phi) is 7.63. The molecule has 4 rings (SSSR count). The summed E-state index contributed by atoms with van der Waals surface area (Å²) in [6.45, 7) is 8.80. The maximum Gasteiger partial charge on any atom is 0.329 e. The molecule has 1 fully saturated rings. The highest BCUT2D eigenvalue weighted by atomic mass is 19.1. The standard InChI is InChI=1S/C26H35FN4O/c1-2-3-6-16-30-24-9-4-5-10-25(24)31(26(30)32)17-8-7-15-28-18-20-29(21-19-28)23-13-11-22(27)12-14-23/h4-5,9-14H,2-3,6-8,15-21H2,1H3. The molecule has 5 nitrogen and oxygen atoms in total. The van der Waals surface area contributed by atoms with E-state index in [4.69, 9.17) is 0 Å². The normalized spacial score (nSPS) is 15.0. The van der Waals surface area contributed by atoms with Crippen LogP contribution < -0.4 is 10.6 Å². The van der Waals surface area contributed by atoms with Gasteiger partial charge in [-0.3, -0.25) is 14.0 Å². The van der Waals surface area contributed by atoms with Crippen LogP contribution in [0, 0.1) is 5.82 Å². The lowest BCUT2D eigenvalue weighted by Gasteiger charge is -2.36. The zero-order valence-corrected chi connectivity index (χ0v) is 19.2. The van der Waals surface area contributed by atoms with Crippen LogP contribution in [-0.4, -0.2) is 46.8 Å². The SMILES string of the molecule is CCCCCn1c(=O)n(CCCCN2CCN(c3ccc(F)cc3)CC2)c2ccccc21. The predicted octanol–water partition coefficient (Wildman–Crippen LogP) is 4.73. The molecule has 6 heteroatoms. The van der Waals surface area contributed by atoms with Crippen LogP contribution >= 0.6 is 0 Å². The van der Waals surface area contributed by atoms with E-state index < -0.39 is 0 Å². The Labute approximate surface area is 190 Å². The number of hydrogen-bond donors (Lipinski definition) is 0. The van der Waals surface area contributed by atoms with E-state index in [1.54, 1.807) is 0 Å². The molecule has 0 bridgehead atoms. The first-order chi connectivity index (χ1) is 15.7. The number of aromatic nitrogens is 2. The van der Waals surface area contributed by atoms with Crippen molar-refractivity contribution in [1.82, 2.24) is 14.0 Å². The van der Waals surface area contributed by atoms with Crippen LogP contribution in [0.1, 0.15) is 39.0 Å². The van der Waals surface area contributed by atoms with Gasteiger partial charge in [0.2, 0.25) is 0 Å². The van der Waals surface area contributed by atoms with Crippen LogP contribution in [0.5, 0.6) is 0 Å². The third-order valence-corrected chi connectivity index (χ3v) is 6.58. The zero-order valence-electron chi connectivity index (χ0n) is 19.2. The van der Waals surface area contributed by atoms with Gasteiger partial charge in [-0.05, 0) is 62.2 Å². The molecule has 3 aromatic rings. The van der Waals surface area contributed by atoms with Gasteiger partial charge < -0.3 is 4.90 Å². The molecule has 1 saturated heterocycles. The van der Waals surface area contributed by atoms with E-state index in [2.05, 4.69) is 28.9 Å². The molecular weight excluding hydrogens is 403 g/mol. The van der Waals surface area contributed by atoms with Crippen molar-refractivity contribution in [3.63, 3.8) is 0 Å². The number of unbranched alkanes of at least 4 members (excludes halogenated alkanes) is 3. The van der Waals surface area contributed by atoms with Gasteiger partial charge in [0.25, 0.3) is 0 Å². The Morgan fingerprint density at radius 1 is 0.750 bits per heavy atom. The van der Waals surface area contributed by atoms with E-state index >= 15 is 0 Å². The molecule has 1 aliphatic rings. The Balaban J connectivity index is 1.27. The van der Waals surface area contributed by atoms with Crippen molar-refractivity contribution < 1.29 is 4.39 Å². The first kappa shape index (κ1) is 22.6. The largest absolute Gasteiger partial charge is 0.369 e. The van der Waals surface area contributed by atoms with E-state index in [-0.39, 0.29) is 11.5 Å². The second-order valence-electron chi connectivity index (χ2n) is 8.79. The molecule has 0 N–H and O–H groups in total. The van der Waals surface area contributed by atoms with Crippen molar-refractivity contribution in [2.45, 2.75) is 52.1 Å². The molecule has 1 aromatic heterocycles. The fraction of sp³-hybridized carbons (Fsp3) is 0.500. The van der Waals surface area contributed by atoms with Gasteiger partial charge in [0.15, 0.2) is 0 Å². The van der Waals surface area contributed by atoms with Crippen LogP contribution in [0.15, 0.2) is 53.3 Å². The van der Waals surface area contributed by atoms with Gasteiger partial charge in [-0.15, -0.1) is 0 Å². The number of fused-ring (bicyclic) bond motifs is 1. The molecule has 0 atom stereocenters. The molecule has 172 valence electrons. The molecule has 0 spiro atoms. The number of anilines is 1. The number of benzene rings is 2. The van der Waals surface area contributed by atoms with Gasteiger partial charge >= 0.3 is 5.69 Å². The first-order valence-corrected chi connectivity index (χ1v) is 12.1. The van der Waals surface area contributed by atoms with Crippen molar-refractivity contribution in [2.24, 2.45) is 0 Å². The van der Waals surface area contributed by atoms with Crippen molar-refractivity contribution >= 4 is 16.7 Å². The number of piperazine rings is 1. The average molecular weight is 439 g/mol. The molecule has 32 heavy (non-hydrogen) atoms. The second-order valence-corrected chi connectivity index (χ2v) is 8.79. The monoisotopic (exact) mass is 438 g/mol. The lowest BCUT2D eigenvalue weighted by atomic mass is 10.2. The van der Waals surface area contributed by atoms with Crippen LogP contribution in [0.2, 0.25) is 0 Å². The molecule has 0 unspecified atom stereocenters. The summed E-state index contributed by atoms with van der Waals surface area (Å²) in [6, 6.07) is 15.0. The molecule has 2 heterocycles. The molecule has 0 amide bonds. The molecule has 0 saturated carbocycles. The third kappa shape index (κ3) is 5.23. The van der Waals surface area contributed by atoms with Crippen LogP contribution in [-0.2, 0) is 13.1 Å². The summed E-state index contributed by atoms with van der Waals surface area (Å²) in [5, 5.41) is 0. The number of nitrogens with zero attached hydrogens (tertiary/aromatic N) is 4. The summed E-state index contributed by atoms with van der Waals surface area (Å²) in [6.07, 6.45) is 5.44. The van der Waals surface area contributed by atoms with Crippen LogP contribution in [0.4, 0.5) is 10.1 Å². The number of rotatable bonds is 10. The maximum absolute atomic E-state index is 13.1. The minimum Gasteiger partial charge on any atom is -0.369 e. The van der Waals surface area contributed by atoms with Crippen LogP contribution in [0.3, 0.4) is 0 Å². The summed E-state index contributed by atoms with van der Waals surface area (Å²) in [5.74, 6) is -0.185. The first-order valence-electron chi connectivity index (χ1n) is 12.1. The van der Waals surface area contributed by atoms with E-state index in [0.717, 1.165) is 94.6 Å². The Morgan fingerprint density at radius 2 is 1.31 bits per heavy atom.